The maximum Gasteiger partial charge on any atom is 0.432 e. The summed E-state index contributed by atoms with van der Waals surface area (Å²) in [7, 11) is -6.84. The number of hydrogen-bond acceptors (Lipinski definition) is 6. The van der Waals surface area contributed by atoms with Gasteiger partial charge in [-0.15, -0.1) is 0 Å². The Morgan fingerprint density at radius 2 is 1.51 bits per heavy atom. The predicted octanol–water partition coefficient (Wildman–Crippen LogP) is 6.13. The summed E-state index contributed by atoms with van der Waals surface area (Å²) in [4.78, 5) is 25.5. The molecule has 37 heavy (non-hydrogen) atoms. The van der Waals surface area contributed by atoms with Crippen LogP contribution in [0.15, 0.2) is 48.5 Å². The number of alkyl halides is 5. The summed E-state index contributed by atoms with van der Waals surface area (Å²) in [5.74, 6) is -2.49. The van der Waals surface area contributed by atoms with Crippen molar-refractivity contribution in [1.82, 2.24) is 0 Å². The highest BCUT2D eigenvalue weighted by molar-refractivity contribution is 14.1. The molecule has 0 aliphatic rings. The van der Waals surface area contributed by atoms with E-state index in [2.05, 4.69) is 32.6 Å². The van der Waals surface area contributed by atoms with Gasteiger partial charge in [-0.25, -0.2) is 13.2 Å². The molecule has 3 aromatic rings. The molecule has 0 aromatic heterocycles. The third-order valence-electron chi connectivity index (χ3n) is 4.79. The highest BCUT2D eigenvalue weighted by atomic mass is 127. The lowest BCUT2D eigenvalue weighted by molar-refractivity contribution is -0.248. The molecular weight excluding hydrogens is 870 g/mol. The number of halogens is 8. The van der Waals surface area contributed by atoms with E-state index in [-0.39, 0.29) is 16.5 Å². The fraction of sp³-hybridized carbons (Fsp3) is 0.143. The van der Waals surface area contributed by atoms with E-state index in [0.717, 1.165) is 13.2 Å². The van der Waals surface area contributed by atoms with Gasteiger partial charge in [0.05, 0.1) is 11.1 Å². The van der Waals surface area contributed by atoms with Crippen molar-refractivity contribution >= 4 is 106 Å². The number of fused-ring (bicyclic) bond motifs is 1. The zero-order chi connectivity index (χ0) is 27.9. The molecule has 0 bridgehead atoms. The molecule has 0 fully saturated rings. The number of hydrogen-bond donors (Lipinski definition) is 1. The summed E-state index contributed by atoms with van der Waals surface area (Å²) < 4.78 is 106. The molecule has 1 atom stereocenters. The minimum Gasteiger partial charge on any atom is -0.743 e. The van der Waals surface area contributed by atoms with Gasteiger partial charge in [-0.3, -0.25) is 4.79 Å². The van der Waals surface area contributed by atoms with E-state index in [9.17, 15) is 44.5 Å². The molecule has 0 aliphatic heterocycles. The zero-order valence-corrected chi connectivity index (χ0v) is 24.9. The highest BCUT2D eigenvalue weighted by Gasteiger charge is 2.63. The summed E-state index contributed by atoms with van der Waals surface area (Å²) >= 11 is 6.08. The van der Waals surface area contributed by atoms with Crippen LogP contribution in [0.1, 0.15) is 20.7 Å². The standard InChI is InChI=1S/C21H11F5I3NO6S/c22-20(23,24)19(21(25,26)37(33,34)35)36-18(32)12-5-1-4-11-10(12)3-2-6-15(11)30-17(31)13-7-9(27)8-14(28)16(13)29/h1-8,19H,(H,30,31)(H,33,34,35)/p-1. The molecule has 3 aromatic carbocycles. The normalized spacial score (nSPS) is 13.3. The Labute approximate surface area is 246 Å². The molecule has 0 radical (unpaired) electrons. The second-order valence-electron chi connectivity index (χ2n) is 7.25. The second-order valence-corrected chi connectivity index (χ2v) is 12.2. The van der Waals surface area contributed by atoms with Gasteiger partial charge in [0, 0.05) is 21.8 Å². The third-order valence-corrected chi connectivity index (χ3v) is 9.34. The predicted molar refractivity (Wildman–Crippen MR) is 146 cm³/mol. The van der Waals surface area contributed by atoms with Gasteiger partial charge in [0.2, 0.25) is 0 Å². The fourth-order valence-electron chi connectivity index (χ4n) is 3.14. The molecular formula is C21H10F5I3NO6S-. The first-order valence-electron chi connectivity index (χ1n) is 9.53. The Morgan fingerprint density at radius 1 is 0.919 bits per heavy atom. The highest BCUT2D eigenvalue weighted by Crippen LogP contribution is 2.39. The first-order valence-corrected chi connectivity index (χ1v) is 14.2. The van der Waals surface area contributed by atoms with E-state index in [1.165, 1.54) is 30.3 Å². The Morgan fingerprint density at radius 3 is 2.11 bits per heavy atom. The van der Waals surface area contributed by atoms with Crippen molar-refractivity contribution in [1.29, 1.82) is 0 Å². The number of benzene rings is 3. The maximum atomic E-state index is 13.8. The van der Waals surface area contributed by atoms with Gasteiger partial charge >= 0.3 is 17.4 Å². The SMILES string of the molecule is O=C(Nc1cccc2c(C(=O)OC(C(F)(F)F)C(F)(F)S(=O)(=O)[O-])cccc12)c1cc(I)cc(I)c1I. The lowest BCUT2D eigenvalue weighted by Crippen LogP contribution is -2.52. The van der Waals surface area contributed by atoms with Gasteiger partial charge in [-0.1, -0.05) is 24.3 Å². The number of anilines is 1. The average molecular weight is 880 g/mol. The molecule has 1 unspecified atom stereocenters. The summed E-state index contributed by atoms with van der Waals surface area (Å²) in [5.41, 5.74) is -0.166. The van der Waals surface area contributed by atoms with Gasteiger partial charge in [-0.05, 0) is 97.4 Å². The van der Waals surface area contributed by atoms with Crippen LogP contribution >= 0.6 is 67.8 Å². The van der Waals surface area contributed by atoms with Crippen LogP contribution in [0.4, 0.5) is 27.6 Å². The number of esters is 1. The monoisotopic (exact) mass is 880 g/mol. The average Bonchev–Trinajstić information content (AvgIpc) is 2.77. The summed E-state index contributed by atoms with van der Waals surface area (Å²) in [5, 5.41) is -3.28. The fourth-order valence-corrected chi connectivity index (χ4v) is 5.98. The van der Waals surface area contributed by atoms with Crippen LogP contribution in [0.3, 0.4) is 0 Å². The second kappa shape index (κ2) is 11.0. The molecule has 0 spiro atoms. The van der Waals surface area contributed by atoms with Crippen LogP contribution < -0.4 is 5.32 Å². The first kappa shape index (κ1) is 30.2. The summed E-state index contributed by atoms with van der Waals surface area (Å²) in [6.45, 7) is 0. The van der Waals surface area contributed by atoms with Crippen molar-refractivity contribution in [2.24, 2.45) is 0 Å². The van der Waals surface area contributed by atoms with Gasteiger partial charge in [0.25, 0.3) is 12.0 Å². The Bertz CT molecular complexity index is 1510. The molecule has 0 saturated carbocycles. The van der Waals surface area contributed by atoms with Crippen LogP contribution in [-0.4, -0.2) is 42.4 Å². The summed E-state index contributed by atoms with van der Waals surface area (Å²) in [6, 6.07) is 11.1. The molecule has 16 heteroatoms. The van der Waals surface area contributed by atoms with E-state index in [4.69, 9.17) is 0 Å². The van der Waals surface area contributed by atoms with Crippen LogP contribution in [0.5, 0.6) is 0 Å². The number of carbonyl (C=O) groups excluding carboxylic acids is 2. The number of carbonyl (C=O) groups is 2. The molecule has 0 aliphatic carbocycles. The number of ether oxygens (including phenoxy) is 1. The minimum absolute atomic E-state index is 0.0913. The lowest BCUT2D eigenvalue weighted by atomic mass is 10.0. The van der Waals surface area contributed by atoms with Crippen molar-refractivity contribution in [2.75, 3.05) is 5.32 Å². The molecule has 3 rings (SSSR count). The third kappa shape index (κ3) is 6.44. The van der Waals surface area contributed by atoms with Gasteiger partial charge < -0.3 is 14.6 Å². The van der Waals surface area contributed by atoms with Crippen LogP contribution in [0.2, 0.25) is 0 Å². The molecule has 198 valence electrons. The molecule has 0 saturated heterocycles. The van der Waals surface area contributed by atoms with Crippen LogP contribution in [-0.2, 0) is 14.9 Å². The van der Waals surface area contributed by atoms with Crippen molar-refractivity contribution < 1.29 is 49.2 Å². The zero-order valence-electron chi connectivity index (χ0n) is 17.6. The van der Waals surface area contributed by atoms with Gasteiger partial charge in [-0.2, -0.15) is 22.0 Å². The number of rotatable bonds is 6. The van der Waals surface area contributed by atoms with Crippen LogP contribution in [0.25, 0.3) is 10.8 Å². The minimum atomic E-state index is -6.84. The quantitative estimate of drug-likeness (QED) is 0.105. The number of nitrogens with one attached hydrogen (secondary N) is 1. The summed E-state index contributed by atoms with van der Waals surface area (Å²) in [6.07, 6.45) is -10.6. The van der Waals surface area contributed by atoms with E-state index in [0.29, 0.717) is 9.13 Å². The van der Waals surface area contributed by atoms with Crippen molar-refractivity contribution in [3.05, 3.63) is 70.4 Å². The van der Waals surface area contributed by atoms with Gasteiger partial charge in [0.1, 0.15) is 0 Å². The van der Waals surface area contributed by atoms with E-state index >= 15 is 0 Å². The maximum absolute atomic E-state index is 13.8. The Balaban J connectivity index is 2.02. The topological polar surface area (TPSA) is 113 Å². The van der Waals surface area contributed by atoms with E-state index in [1.54, 1.807) is 6.07 Å². The largest absolute Gasteiger partial charge is 0.743 e. The van der Waals surface area contributed by atoms with Crippen molar-refractivity contribution in [3.63, 3.8) is 0 Å². The van der Waals surface area contributed by atoms with Crippen LogP contribution in [0, 0.1) is 10.7 Å². The van der Waals surface area contributed by atoms with E-state index in [1.807, 2.05) is 51.2 Å². The Kier molecular flexibility index (Phi) is 8.97. The molecule has 1 N–H and O–H groups in total. The lowest BCUT2D eigenvalue weighted by Gasteiger charge is -2.29. The van der Waals surface area contributed by atoms with Crippen molar-refractivity contribution in [2.45, 2.75) is 17.5 Å². The van der Waals surface area contributed by atoms with Gasteiger partial charge in [0.15, 0.2) is 10.1 Å². The number of amides is 1. The Hall–Kier alpha value is -1.39. The smallest absolute Gasteiger partial charge is 0.432 e. The van der Waals surface area contributed by atoms with E-state index < -0.39 is 45.1 Å². The first-order chi connectivity index (χ1) is 16.9. The molecule has 0 heterocycles. The molecule has 1 amide bonds. The molecule has 7 nitrogen and oxygen atoms in total. The van der Waals surface area contributed by atoms with Crippen molar-refractivity contribution in [3.8, 4) is 0 Å².